The molecule has 0 fully saturated rings. The van der Waals surface area contributed by atoms with Crippen LogP contribution in [-0.2, 0) is 19.2 Å². The zero-order valence-electron chi connectivity index (χ0n) is 18.5. The van der Waals surface area contributed by atoms with E-state index >= 15 is 0 Å². The molecule has 35 heavy (non-hydrogen) atoms. The lowest BCUT2D eigenvalue weighted by molar-refractivity contribution is 0.564. The molecule has 0 atom stereocenters. The van der Waals surface area contributed by atoms with Gasteiger partial charge in [-0.25, -0.2) is 29.2 Å². The van der Waals surface area contributed by atoms with Crippen molar-refractivity contribution in [3.8, 4) is 0 Å². The van der Waals surface area contributed by atoms with Gasteiger partial charge in [0.2, 0.25) is 24.3 Å². The summed E-state index contributed by atoms with van der Waals surface area (Å²) >= 11 is 8.77. The van der Waals surface area contributed by atoms with E-state index in [0.29, 0.717) is 22.7 Å². The number of thiocarbonyl (C=S) groups is 2. The summed E-state index contributed by atoms with van der Waals surface area (Å²) in [6.07, 6.45) is 7.62. The molecule has 2 aromatic carbocycles. The van der Waals surface area contributed by atoms with E-state index in [2.05, 4.69) is 64.7 Å². The molecule has 0 aliphatic carbocycles. The van der Waals surface area contributed by atoms with Gasteiger partial charge in [-0.2, -0.15) is 20.0 Å². The zero-order valence-corrected chi connectivity index (χ0v) is 20.1. The Balaban J connectivity index is 0.000000501. The third-order valence-electron chi connectivity index (χ3n) is 3.65. The molecule has 0 aliphatic rings. The van der Waals surface area contributed by atoms with Crippen molar-refractivity contribution >= 4 is 81.8 Å². The first-order valence-corrected chi connectivity index (χ1v) is 10.5. The fourth-order valence-electron chi connectivity index (χ4n) is 2.07. The summed E-state index contributed by atoms with van der Waals surface area (Å²) in [5, 5.41) is 4.60. The van der Waals surface area contributed by atoms with Gasteiger partial charge in [0, 0.05) is 13.1 Å². The summed E-state index contributed by atoms with van der Waals surface area (Å²) in [6.45, 7) is 3.29. The maximum absolute atomic E-state index is 10.00. The number of nitrogens with zero attached hydrogens (tertiary/aromatic N) is 6. The normalized spacial score (nSPS) is 8.03. The Bertz CT molecular complexity index is 1190. The molecule has 0 bridgehead atoms. The molecule has 0 saturated carbocycles. The van der Waals surface area contributed by atoms with Gasteiger partial charge >= 0.3 is 0 Å². The average Bonchev–Trinajstić information content (AvgIpc) is 2.86. The van der Waals surface area contributed by atoms with Gasteiger partial charge in [0.05, 0.1) is 33.1 Å². The number of hydrogen-bond donors (Lipinski definition) is 0. The van der Waals surface area contributed by atoms with Crippen molar-refractivity contribution in [3.63, 3.8) is 0 Å². The van der Waals surface area contributed by atoms with Gasteiger partial charge in [0.15, 0.2) is 0 Å². The number of aryl methyl sites for hydroxylation is 1. The Kier molecular flexibility index (Phi) is 18.7. The topological polar surface area (TPSA) is 142 Å². The van der Waals surface area contributed by atoms with Gasteiger partial charge in [-0.05, 0) is 86.2 Å². The second-order valence-electron chi connectivity index (χ2n) is 5.95. The van der Waals surface area contributed by atoms with Crippen LogP contribution in [0.4, 0.5) is 22.7 Å². The summed E-state index contributed by atoms with van der Waals surface area (Å²) in [7, 11) is 0. The first kappa shape index (κ1) is 30.6. The summed E-state index contributed by atoms with van der Waals surface area (Å²) in [5.41, 5.74) is 2.68. The van der Waals surface area contributed by atoms with Crippen LogP contribution in [0, 0.1) is 6.92 Å². The summed E-state index contributed by atoms with van der Waals surface area (Å²) in [5.74, 6) is 0. The van der Waals surface area contributed by atoms with Crippen LogP contribution in [0.3, 0.4) is 0 Å². The molecule has 0 aromatic heterocycles. The predicted octanol–water partition coefficient (Wildman–Crippen LogP) is 5.52. The lowest BCUT2D eigenvalue weighted by Gasteiger charge is -1.97. The predicted molar refractivity (Wildman–Crippen MR) is 138 cm³/mol. The number of hydrogen-bond acceptors (Lipinski definition) is 12. The molecule has 10 nitrogen and oxygen atoms in total. The van der Waals surface area contributed by atoms with Crippen LogP contribution in [0.2, 0.25) is 0 Å². The molecule has 0 amide bonds. The van der Waals surface area contributed by atoms with E-state index in [0.717, 1.165) is 31.5 Å². The second-order valence-corrected chi connectivity index (χ2v) is 6.32. The lowest BCUT2D eigenvalue weighted by Crippen LogP contribution is -1.83. The molecule has 0 radical (unpaired) electrons. The molecular formula is C23H18N6O4S2. The largest absolute Gasteiger partial charge is 0.240 e. The van der Waals surface area contributed by atoms with Crippen LogP contribution in [-0.4, -0.2) is 47.7 Å². The van der Waals surface area contributed by atoms with Crippen molar-refractivity contribution in [2.24, 2.45) is 30.0 Å². The highest BCUT2D eigenvalue weighted by molar-refractivity contribution is 7.78. The van der Waals surface area contributed by atoms with Crippen molar-refractivity contribution in [2.45, 2.75) is 19.8 Å². The smallest absolute Gasteiger partial charge is 0.233 e. The van der Waals surface area contributed by atoms with E-state index in [9.17, 15) is 19.2 Å². The minimum Gasteiger partial charge on any atom is -0.233 e. The number of isothiocyanates is 2. The van der Waals surface area contributed by atoms with Gasteiger partial charge in [0.1, 0.15) is 0 Å². The van der Waals surface area contributed by atoms with E-state index in [4.69, 9.17) is 0 Å². The maximum Gasteiger partial charge on any atom is 0.240 e. The van der Waals surface area contributed by atoms with Crippen LogP contribution in [0.25, 0.3) is 0 Å². The number of carbonyl (C=O) groups excluding carboxylic acids is 4. The number of aliphatic imine (C=N–C) groups is 6. The number of isocyanates is 4. The Morgan fingerprint density at radius 1 is 0.629 bits per heavy atom. The van der Waals surface area contributed by atoms with Crippen molar-refractivity contribution in [2.75, 3.05) is 13.1 Å². The van der Waals surface area contributed by atoms with E-state index < -0.39 is 0 Å². The summed E-state index contributed by atoms with van der Waals surface area (Å²) in [6, 6.07) is 11.1. The Morgan fingerprint density at radius 3 is 1.43 bits per heavy atom. The molecule has 2 rings (SSSR count). The highest BCUT2D eigenvalue weighted by Gasteiger charge is 1.97. The fraction of sp³-hybridized carbons (Fsp3) is 0.217. The third kappa shape index (κ3) is 15.9. The van der Waals surface area contributed by atoms with E-state index in [1.165, 1.54) is 30.4 Å². The SMILES string of the molecule is Cc1ccc(N=C=O)cc1N=C=O.O=C=Nc1ccc(N=C=O)cc1.S=C=NCCCCN=C=S. The highest BCUT2D eigenvalue weighted by atomic mass is 32.1. The molecule has 0 saturated heterocycles. The second kappa shape index (κ2) is 21.4. The Labute approximate surface area is 211 Å². The minimum absolute atomic E-state index is 0.426. The summed E-state index contributed by atoms with van der Waals surface area (Å²) < 4.78 is 0. The lowest BCUT2D eigenvalue weighted by atomic mass is 10.2. The number of rotatable bonds is 9. The van der Waals surface area contributed by atoms with Crippen molar-refractivity contribution in [3.05, 3.63) is 48.0 Å². The van der Waals surface area contributed by atoms with Gasteiger partial charge in [-0.15, -0.1) is 0 Å². The van der Waals surface area contributed by atoms with Crippen LogP contribution < -0.4 is 0 Å². The first-order valence-electron chi connectivity index (χ1n) is 9.65. The molecule has 0 unspecified atom stereocenters. The van der Waals surface area contributed by atoms with Gasteiger partial charge in [-0.3, -0.25) is 0 Å². The Hall–Kier alpha value is -4.44. The van der Waals surface area contributed by atoms with Crippen LogP contribution in [0.15, 0.2) is 72.4 Å². The molecule has 12 heteroatoms. The van der Waals surface area contributed by atoms with E-state index in [1.807, 2.05) is 0 Å². The van der Waals surface area contributed by atoms with E-state index in [1.54, 1.807) is 43.3 Å². The van der Waals surface area contributed by atoms with Gasteiger partial charge in [-0.1, -0.05) is 6.07 Å². The van der Waals surface area contributed by atoms with Crippen LogP contribution in [0.1, 0.15) is 18.4 Å². The third-order valence-corrected chi connectivity index (χ3v) is 3.91. The minimum atomic E-state index is 0.426. The van der Waals surface area contributed by atoms with Gasteiger partial charge in [0.25, 0.3) is 0 Å². The van der Waals surface area contributed by atoms with Gasteiger partial charge < -0.3 is 0 Å². The molecule has 0 heterocycles. The van der Waals surface area contributed by atoms with Crippen LogP contribution in [0.5, 0.6) is 0 Å². The summed E-state index contributed by atoms with van der Waals surface area (Å²) in [4.78, 5) is 60.6. The standard InChI is InChI=1S/C9H6N2O2.C8H4N2O2.C6H8N2S2/c1-7-2-3-8(10-5-12)4-9(7)11-6-13;11-5-9-7-1-2-8(4-3-7)10-6-12;9-5-7-3-1-2-4-8-6-10/h2-4H,1H3;1-4H;1-4H2. The molecule has 176 valence electrons. The van der Waals surface area contributed by atoms with Crippen molar-refractivity contribution < 1.29 is 19.2 Å². The van der Waals surface area contributed by atoms with Crippen LogP contribution >= 0.6 is 24.4 Å². The average molecular weight is 507 g/mol. The zero-order chi connectivity index (χ0) is 26.2. The highest BCUT2D eigenvalue weighted by Crippen LogP contribution is 2.23. The molecule has 2 aromatic rings. The first-order chi connectivity index (χ1) is 17.1. The molecule has 0 N–H and O–H groups in total. The molecular weight excluding hydrogens is 488 g/mol. The monoisotopic (exact) mass is 506 g/mol. The molecule has 0 spiro atoms. The molecule has 0 aliphatic heterocycles. The number of benzene rings is 2. The fourth-order valence-corrected chi connectivity index (χ4v) is 2.25. The Morgan fingerprint density at radius 2 is 1.03 bits per heavy atom. The quantitative estimate of drug-likeness (QED) is 0.190. The maximum atomic E-state index is 10.00. The van der Waals surface area contributed by atoms with Crippen molar-refractivity contribution in [1.29, 1.82) is 0 Å². The number of unbranched alkanes of at least 4 members (excludes halogenated alkanes) is 1. The van der Waals surface area contributed by atoms with Crippen molar-refractivity contribution in [1.82, 2.24) is 0 Å². The van der Waals surface area contributed by atoms with E-state index in [-0.39, 0.29) is 0 Å².